The minimum Gasteiger partial charge on any atom is -0.244 e. The van der Waals surface area contributed by atoms with Crippen molar-refractivity contribution in [2.75, 3.05) is 0 Å². The summed E-state index contributed by atoms with van der Waals surface area (Å²) < 4.78 is 3.77. The molecule has 0 aliphatic carbocycles. The molecule has 0 bridgehead atoms. The lowest BCUT2D eigenvalue weighted by molar-refractivity contribution is 1.26. The van der Waals surface area contributed by atoms with Gasteiger partial charge < -0.3 is 0 Å². The van der Waals surface area contributed by atoms with Crippen molar-refractivity contribution in [1.82, 2.24) is 9.73 Å². The first-order valence-electron chi connectivity index (χ1n) is 1.57. The predicted molar refractivity (Wildman–Crippen MR) is 24.5 cm³/mol. The van der Waals surface area contributed by atoms with Gasteiger partial charge in [0.25, 0.3) is 0 Å². The van der Waals surface area contributed by atoms with Gasteiger partial charge in [0.05, 0.1) is 0 Å². The van der Waals surface area contributed by atoms with Crippen LogP contribution in [-0.4, -0.2) is 9.73 Å². The summed E-state index contributed by atoms with van der Waals surface area (Å²) in [4.78, 5) is 3.70. The van der Waals surface area contributed by atoms with Gasteiger partial charge in [-0.05, 0) is 0 Å². The maximum Gasteiger partial charge on any atom is 0.120 e. The molecule has 0 saturated carbocycles. The van der Waals surface area contributed by atoms with Crippen molar-refractivity contribution in [2.45, 2.75) is 0 Å². The molecule has 0 fully saturated rings. The number of rotatable bonds is 0. The molecule has 0 aliphatic rings. The minimum atomic E-state index is 0.993. The van der Waals surface area contributed by atoms with Crippen molar-refractivity contribution >= 4 is 8.35 Å². The smallest absolute Gasteiger partial charge is 0.120 e. The van der Waals surface area contributed by atoms with Crippen LogP contribution in [0, 0.1) is 0 Å². The van der Waals surface area contributed by atoms with E-state index < -0.39 is 0 Å². The Kier molecular flexibility index (Phi) is 1.13. The van der Waals surface area contributed by atoms with E-state index in [4.69, 9.17) is 0 Å². The molecule has 0 aliphatic heterocycles. The van der Waals surface area contributed by atoms with Crippen LogP contribution in [0.3, 0.4) is 0 Å². The summed E-state index contributed by atoms with van der Waals surface area (Å²) in [5.74, 6) is 1.88. The van der Waals surface area contributed by atoms with Crippen LogP contribution in [-0.2, 0) is 0 Å². The number of hydrogen-bond acceptors (Lipinski definition) is 2. The van der Waals surface area contributed by atoms with Gasteiger partial charge in [0.15, 0.2) is 0 Å². The summed E-state index contributed by atoms with van der Waals surface area (Å²) in [6, 6.07) is 0. The van der Waals surface area contributed by atoms with E-state index in [0.29, 0.717) is 0 Å². The SMILES string of the molecule is c1cpncn1. The zero-order valence-electron chi connectivity index (χ0n) is 3.07. The Labute approximate surface area is 37.4 Å². The lowest BCUT2D eigenvalue weighted by Gasteiger charge is -1.68. The summed E-state index contributed by atoms with van der Waals surface area (Å²) in [7, 11) is 0.993. The summed E-state index contributed by atoms with van der Waals surface area (Å²) >= 11 is 0. The van der Waals surface area contributed by atoms with Crippen LogP contribution in [0.1, 0.15) is 0 Å². The van der Waals surface area contributed by atoms with Crippen molar-refractivity contribution in [1.29, 1.82) is 0 Å². The molecule has 6 heavy (non-hydrogen) atoms. The van der Waals surface area contributed by atoms with Crippen LogP contribution in [0.25, 0.3) is 0 Å². The van der Waals surface area contributed by atoms with E-state index in [2.05, 4.69) is 9.73 Å². The average molecular weight is 98.0 g/mol. The van der Waals surface area contributed by atoms with Crippen molar-refractivity contribution in [3.05, 3.63) is 18.3 Å². The predicted octanol–water partition coefficient (Wildman–Crippen LogP) is 1.06. The summed E-state index contributed by atoms with van der Waals surface area (Å²) in [5, 5.41) is 0. The lowest BCUT2D eigenvalue weighted by atomic mass is 11.0. The second-order valence-electron chi connectivity index (χ2n) is 0.794. The zero-order chi connectivity index (χ0) is 4.24. The molecule has 0 unspecified atom stereocenters. The maximum atomic E-state index is 3.77. The molecule has 30 valence electrons. The topological polar surface area (TPSA) is 25.8 Å². The van der Waals surface area contributed by atoms with Gasteiger partial charge in [-0.15, -0.1) is 0 Å². The minimum absolute atomic E-state index is 0.993. The van der Waals surface area contributed by atoms with Crippen molar-refractivity contribution in [3.63, 3.8) is 0 Å². The highest BCUT2D eigenvalue weighted by Gasteiger charge is 1.60. The second kappa shape index (κ2) is 1.83. The molecule has 0 atom stereocenters. The van der Waals surface area contributed by atoms with E-state index in [1.807, 2.05) is 5.80 Å². The van der Waals surface area contributed by atoms with Crippen LogP contribution < -0.4 is 0 Å². The first-order chi connectivity index (χ1) is 3.00. The molecule has 1 aromatic rings. The third-order valence-corrected chi connectivity index (χ3v) is 0.908. The van der Waals surface area contributed by atoms with Gasteiger partial charge in [-0.3, -0.25) is 0 Å². The molecule has 1 rings (SSSR count). The van der Waals surface area contributed by atoms with E-state index >= 15 is 0 Å². The number of hydrogen-bond donors (Lipinski definition) is 0. The van der Waals surface area contributed by atoms with Crippen molar-refractivity contribution < 1.29 is 0 Å². The Morgan fingerprint density at radius 3 is 2.67 bits per heavy atom. The first-order valence-corrected chi connectivity index (χ1v) is 2.48. The molecule has 0 radical (unpaired) electrons. The zero-order valence-corrected chi connectivity index (χ0v) is 3.97. The Morgan fingerprint density at radius 2 is 2.50 bits per heavy atom. The summed E-state index contributed by atoms with van der Waals surface area (Å²) in [6.45, 7) is 0. The van der Waals surface area contributed by atoms with Crippen LogP contribution in [0.15, 0.2) is 18.3 Å². The van der Waals surface area contributed by atoms with Gasteiger partial charge in [0.2, 0.25) is 0 Å². The van der Waals surface area contributed by atoms with Gasteiger partial charge in [0, 0.05) is 20.3 Å². The van der Waals surface area contributed by atoms with Crippen molar-refractivity contribution in [2.24, 2.45) is 0 Å². The standard InChI is InChI=1S/C3H3N2P/c1-2-6-5-3-4-1/h1-3H. The van der Waals surface area contributed by atoms with Crippen LogP contribution in [0.5, 0.6) is 0 Å². The third-order valence-electron chi connectivity index (χ3n) is 0.404. The quantitative estimate of drug-likeness (QED) is 0.484. The molecular weight excluding hydrogens is 95.0 g/mol. The van der Waals surface area contributed by atoms with Gasteiger partial charge in [0.1, 0.15) is 6.33 Å². The largest absolute Gasteiger partial charge is 0.244 e. The summed E-state index contributed by atoms with van der Waals surface area (Å²) in [6.07, 6.45) is 3.27. The second-order valence-corrected chi connectivity index (χ2v) is 1.55. The fourth-order valence-corrected chi connectivity index (χ4v) is 0.538. The van der Waals surface area contributed by atoms with Gasteiger partial charge in [-0.1, -0.05) is 0 Å². The maximum absolute atomic E-state index is 3.77. The molecule has 1 heterocycles. The molecule has 3 heteroatoms. The molecule has 0 amide bonds. The Hall–Kier alpha value is -0.490. The Balaban J connectivity index is 3.00. The monoisotopic (exact) mass is 98.0 g/mol. The first kappa shape index (κ1) is 3.69. The molecular formula is C3H3N2P. The van der Waals surface area contributed by atoms with Crippen LogP contribution >= 0.6 is 8.35 Å². The van der Waals surface area contributed by atoms with E-state index in [1.165, 1.54) is 0 Å². The fourth-order valence-electron chi connectivity index (χ4n) is 0.205. The lowest BCUT2D eigenvalue weighted by Crippen LogP contribution is -1.60. The molecule has 1 aromatic heterocycles. The van der Waals surface area contributed by atoms with E-state index in [0.717, 1.165) is 8.35 Å². The van der Waals surface area contributed by atoms with E-state index in [9.17, 15) is 0 Å². The normalized spacial score (nSPS) is 9.33. The van der Waals surface area contributed by atoms with E-state index in [-0.39, 0.29) is 0 Å². The Morgan fingerprint density at radius 1 is 1.50 bits per heavy atom. The average Bonchev–Trinajstić information content (AvgIpc) is 1.72. The van der Waals surface area contributed by atoms with Crippen LogP contribution in [0.2, 0.25) is 0 Å². The molecule has 0 N–H and O–H groups in total. The molecule has 0 saturated heterocycles. The highest BCUT2D eigenvalue weighted by Crippen LogP contribution is 1.88. The highest BCUT2D eigenvalue weighted by molar-refractivity contribution is 7.24. The van der Waals surface area contributed by atoms with E-state index in [1.54, 1.807) is 12.5 Å². The van der Waals surface area contributed by atoms with Crippen molar-refractivity contribution in [3.8, 4) is 0 Å². The van der Waals surface area contributed by atoms with Gasteiger partial charge in [-0.2, -0.15) is 0 Å². The van der Waals surface area contributed by atoms with Crippen LogP contribution in [0.4, 0.5) is 0 Å². The molecule has 0 spiro atoms. The number of nitrogens with zero attached hydrogens (tertiary/aromatic N) is 2. The fraction of sp³-hybridized carbons (Fsp3) is 0. The molecule has 0 aromatic carbocycles. The third kappa shape index (κ3) is 0.728. The summed E-state index contributed by atoms with van der Waals surface area (Å²) in [5.41, 5.74) is 0. The molecule has 2 nitrogen and oxygen atoms in total. The van der Waals surface area contributed by atoms with Gasteiger partial charge in [-0.25, -0.2) is 9.73 Å². The number of aromatic nitrogens is 2. The highest BCUT2D eigenvalue weighted by atomic mass is 31.0. The Bertz CT molecular complexity index is 80.7. The van der Waals surface area contributed by atoms with Gasteiger partial charge >= 0.3 is 0 Å².